The minimum Gasteiger partial charge on any atom is -0.475 e. The van der Waals surface area contributed by atoms with E-state index in [2.05, 4.69) is 9.68 Å². The summed E-state index contributed by atoms with van der Waals surface area (Å²) in [6.45, 7) is 3.64. The summed E-state index contributed by atoms with van der Waals surface area (Å²) in [6, 6.07) is 4.21. The van der Waals surface area contributed by atoms with E-state index in [1.54, 1.807) is 13.0 Å². The van der Waals surface area contributed by atoms with Gasteiger partial charge >= 0.3 is 5.97 Å². The molecule has 0 radical (unpaired) electrons. The molecule has 0 unspecified atom stereocenters. The van der Waals surface area contributed by atoms with Crippen LogP contribution in [0.1, 0.15) is 21.7 Å². The van der Waals surface area contributed by atoms with Crippen LogP contribution in [0.15, 0.2) is 22.7 Å². The number of aromatic carboxylic acids is 1. The summed E-state index contributed by atoms with van der Waals surface area (Å²) in [7, 11) is 0. The van der Waals surface area contributed by atoms with Gasteiger partial charge in [0.15, 0.2) is 0 Å². The summed E-state index contributed by atoms with van der Waals surface area (Å²) >= 11 is 0. The smallest absolute Gasteiger partial charge is 0.374 e. The number of carboxylic acid groups (broad SMARTS) is 1. The van der Waals surface area contributed by atoms with Gasteiger partial charge in [0.1, 0.15) is 11.5 Å². The van der Waals surface area contributed by atoms with Crippen molar-refractivity contribution in [2.24, 2.45) is 0 Å². The van der Waals surface area contributed by atoms with Crippen LogP contribution in [0.25, 0.3) is 11.3 Å². The van der Waals surface area contributed by atoms with Crippen molar-refractivity contribution in [2.45, 2.75) is 13.8 Å². The van der Waals surface area contributed by atoms with Crippen LogP contribution >= 0.6 is 0 Å². The number of rotatable bonds is 2. The van der Waals surface area contributed by atoms with Crippen molar-refractivity contribution in [3.63, 3.8) is 0 Å². The van der Waals surface area contributed by atoms with Gasteiger partial charge in [-0.1, -0.05) is 5.16 Å². The molecule has 0 spiro atoms. The fourth-order valence-corrected chi connectivity index (χ4v) is 1.48. The minimum absolute atomic E-state index is 0.183. The first-order chi connectivity index (χ1) is 7.99. The molecule has 0 aliphatic rings. The van der Waals surface area contributed by atoms with Gasteiger partial charge in [0.2, 0.25) is 5.76 Å². The van der Waals surface area contributed by atoms with Crippen LogP contribution in [-0.4, -0.2) is 16.2 Å². The Hall–Kier alpha value is -2.17. The van der Waals surface area contributed by atoms with Crippen molar-refractivity contribution in [3.05, 3.63) is 40.9 Å². The molecule has 17 heavy (non-hydrogen) atoms. The highest BCUT2D eigenvalue weighted by Gasteiger charge is 2.15. The molecule has 0 atom stereocenters. The summed E-state index contributed by atoms with van der Waals surface area (Å²) in [4.78, 5) is 10.6. The molecule has 5 heteroatoms. The topological polar surface area (TPSA) is 63.3 Å². The number of hydrogen-bond acceptors (Lipinski definition) is 3. The number of carbonyl (C=O) groups is 1. The van der Waals surface area contributed by atoms with Crippen LogP contribution in [0.2, 0.25) is 0 Å². The van der Waals surface area contributed by atoms with Crippen molar-refractivity contribution in [1.82, 2.24) is 5.16 Å². The van der Waals surface area contributed by atoms with E-state index in [9.17, 15) is 9.18 Å². The quantitative estimate of drug-likeness (QED) is 0.869. The predicted molar refractivity (Wildman–Crippen MR) is 58.3 cm³/mol. The van der Waals surface area contributed by atoms with Crippen LogP contribution in [0.5, 0.6) is 0 Å². The summed E-state index contributed by atoms with van der Waals surface area (Å²) in [5.74, 6) is -1.98. The number of aryl methyl sites for hydroxylation is 2. The van der Waals surface area contributed by atoms with E-state index in [4.69, 9.17) is 5.11 Å². The minimum atomic E-state index is -1.23. The molecule has 88 valence electrons. The van der Waals surface area contributed by atoms with Gasteiger partial charge in [-0.05, 0) is 37.1 Å². The summed E-state index contributed by atoms with van der Waals surface area (Å²) in [5.41, 5.74) is 2.15. The lowest BCUT2D eigenvalue weighted by Crippen LogP contribution is -1.92. The first kappa shape index (κ1) is 11.3. The monoisotopic (exact) mass is 235 g/mol. The predicted octanol–water partition coefficient (Wildman–Crippen LogP) is 2.80. The largest absolute Gasteiger partial charge is 0.475 e. The molecule has 0 saturated carbocycles. The molecule has 2 aromatic rings. The number of carboxylic acids is 1. The maximum absolute atomic E-state index is 13.7. The molecule has 0 amide bonds. The molecule has 1 aromatic heterocycles. The highest BCUT2D eigenvalue weighted by Crippen LogP contribution is 2.25. The Bertz CT molecular complexity index is 589. The van der Waals surface area contributed by atoms with Crippen molar-refractivity contribution in [3.8, 4) is 11.3 Å². The fourth-order valence-electron chi connectivity index (χ4n) is 1.48. The van der Waals surface area contributed by atoms with E-state index in [1.807, 2.05) is 6.92 Å². The summed E-state index contributed by atoms with van der Waals surface area (Å²) < 4.78 is 18.3. The van der Waals surface area contributed by atoms with Crippen molar-refractivity contribution in [2.75, 3.05) is 0 Å². The number of hydrogen-bond donors (Lipinski definition) is 1. The van der Waals surface area contributed by atoms with Gasteiger partial charge in [-0.25, -0.2) is 9.18 Å². The van der Waals surface area contributed by atoms with Gasteiger partial charge in [0.25, 0.3) is 0 Å². The van der Waals surface area contributed by atoms with Crippen LogP contribution < -0.4 is 0 Å². The maximum atomic E-state index is 13.7. The number of halogens is 1. The fraction of sp³-hybridized carbons (Fsp3) is 0.167. The molecular formula is C12H10FNO3. The normalized spacial score (nSPS) is 10.5. The molecule has 1 heterocycles. The molecular weight excluding hydrogens is 225 g/mol. The van der Waals surface area contributed by atoms with E-state index in [0.717, 1.165) is 11.1 Å². The molecule has 4 nitrogen and oxygen atoms in total. The second kappa shape index (κ2) is 4.01. The van der Waals surface area contributed by atoms with E-state index in [1.165, 1.54) is 12.1 Å². The average Bonchev–Trinajstić information content (AvgIpc) is 2.72. The molecule has 1 aromatic carbocycles. The standard InChI is InChI=1S/C12H10FNO3/c1-6-3-8(9(13)4-7(6)2)10-5-11(12(15)16)17-14-10/h3-5H,1-2H3,(H,15,16). The lowest BCUT2D eigenvalue weighted by molar-refractivity contribution is 0.0652. The van der Waals surface area contributed by atoms with Crippen LogP contribution in [0.4, 0.5) is 4.39 Å². The van der Waals surface area contributed by atoms with Gasteiger partial charge in [-0.15, -0.1) is 0 Å². The second-order valence-corrected chi connectivity index (χ2v) is 3.80. The first-order valence-electron chi connectivity index (χ1n) is 4.96. The first-order valence-corrected chi connectivity index (χ1v) is 4.96. The zero-order valence-corrected chi connectivity index (χ0v) is 9.32. The highest BCUT2D eigenvalue weighted by molar-refractivity contribution is 5.85. The van der Waals surface area contributed by atoms with Gasteiger partial charge in [0, 0.05) is 11.6 Å². The Morgan fingerprint density at radius 3 is 2.53 bits per heavy atom. The Morgan fingerprint density at radius 2 is 1.94 bits per heavy atom. The lowest BCUT2D eigenvalue weighted by Gasteiger charge is -2.03. The van der Waals surface area contributed by atoms with E-state index >= 15 is 0 Å². The second-order valence-electron chi connectivity index (χ2n) is 3.80. The summed E-state index contributed by atoms with van der Waals surface area (Å²) in [5, 5.41) is 12.2. The van der Waals surface area contributed by atoms with E-state index < -0.39 is 11.8 Å². The number of aromatic nitrogens is 1. The van der Waals surface area contributed by atoms with Gasteiger partial charge in [-0.2, -0.15) is 0 Å². The molecule has 0 aliphatic carbocycles. The van der Waals surface area contributed by atoms with Crippen LogP contribution in [-0.2, 0) is 0 Å². The molecule has 0 aliphatic heterocycles. The van der Waals surface area contributed by atoms with Crippen LogP contribution in [0.3, 0.4) is 0 Å². The maximum Gasteiger partial charge on any atom is 0.374 e. The van der Waals surface area contributed by atoms with Gasteiger partial charge in [0.05, 0.1) is 0 Å². The SMILES string of the molecule is Cc1cc(F)c(-c2cc(C(=O)O)on2)cc1C. The average molecular weight is 235 g/mol. The van der Waals surface area contributed by atoms with Crippen LogP contribution in [0, 0.1) is 19.7 Å². The van der Waals surface area contributed by atoms with E-state index in [-0.39, 0.29) is 17.0 Å². The number of nitrogens with zero attached hydrogens (tertiary/aromatic N) is 1. The van der Waals surface area contributed by atoms with Crippen molar-refractivity contribution < 1.29 is 18.8 Å². The summed E-state index contributed by atoms with van der Waals surface area (Å²) in [6.07, 6.45) is 0. The molecule has 0 fully saturated rings. The molecule has 1 N–H and O–H groups in total. The Labute approximate surface area is 96.7 Å². The van der Waals surface area contributed by atoms with Crippen molar-refractivity contribution in [1.29, 1.82) is 0 Å². The number of benzene rings is 1. The molecule has 2 rings (SSSR count). The molecule has 0 saturated heterocycles. The Kier molecular flexibility index (Phi) is 2.67. The third-order valence-corrected chi connectivity index (χ3v) is 2.58. The Morgan fingerprint density at radius 1 is 1.29 bits per heavy atom. The lowest BCUT2D eigenvalue weighted by atomic mass is 10.0. The highest BCUT2D eigenvalue weighted by atomic mass is 19.1. The van der Waals surface area contributed by atoms with Crippen molar-refractivity contribution >= 4 is 5.97 Å². The zero-order valence-electron chi connectivity index (χ0n) is 9.32. The van der Waals surface area contributed by atoms with Gasteiger partial charge in [-0.3, -0.25) is 0 Å². The third-order valence-electron chi connectivity index (χ3n) is 2.58. The van der Waals surface area contributed by atoms with Gasteiger partial charge < -0.3 is 9.63 Å². The third kappa shape index (κ3) is 2.04. The Balaban J connectivity index is 2.52. The van der Waals surface area contributed by atoms with E-state index in [0.29, 0.717) is 0 Å². The molecule has 0 bridgehead atoms. The zero-order chi connectivity index (χ0) is 12.6.